The molecule has 0 aliphatic carbocycles. The summed E-state index contributed by atoms with van der Waals surface area (Å²) in [7, 11) is 0. The number of rotatable bonds is 3. The molecule has 0 aliphatic rings. The lowest BCUT2D eigenvalue weighted by molar-refractivity contribution is 0.0949. The SMILES string of the molecule is Cc1cccc(C(=O)NCC(C)Cl)n1. The highest BCUT2D eigenvalue weighted by molar-refractivity contribution is 6.20. The molecular formula is C10H13ClN2O. The minimum atomic E-state index is -0.179. The van der Waals surface area contributed by atoms with E-state index in [1.165, 1.54) is 0 Å². The lowest BCUT2D eigenvalue weighted by Crippen LogP contribution is -2.29. The van der Waals surface area contributed by atoms with Gasteiger partial charge in [0.1, 0.15) is 5.69 Å². The number of halogens is 1. The van der Waals surface area contributed by atoms with E-state index in [0.717, 1.165) is 5.69 Å². The van der Waals surface area contributed by atoms with Crippen LogP contribution in [0.15, 0.2) is 18.2 Å². The molecule has 0 saturated carbocycles. The third-order valence-corrected chi connectivity index (χ3v) is 1.82. The molecule has 1 heterocycles. The lowest BCUT2D eigenvalue weighted by atomic mass is 10.3. The van der Waals surface area contributed by atoms with E-state index < -0.39 is 0 Å². The summed E-state index contributed by atoms with van der Waals surface area (Å²) in [5, 5.41) is 2.63. The Morgan fingerprint density at radius 3 is 2.93 bits per heavy atom. The van der Waals surface area contributed by atoms with Crippen molar-refractivity contribution in [1.82, 2.24) is 10.3 Å². The Morgan fingerprint density at radius 2 is 2.36 bits per heavy atom. The van der Waals surface area contributed by atoms with Crippen LogP contribution in [-0.2, 0) is 0 Å². The van der Waals surface area contributed by atoms with Gasteiger partial charge in [0.2, 0.25) is 0 Å². The number of nitrogens with zero attached hydrogens (tertiary/aromatic N) is 1. The van der Waals surface area contributed by atoms with Crippen molar-refractivity contribution in [3.8, 4) is 0 Å². The van der Waals surface area contributed by atoms with Gasteiger partial charge in [0.25, 0.3) is 5.91 Å². The molecule has 14 heavy (non-hydrogen) atoms. The number of carbonyl (C=O) groups excluding carboxylic acids is 1. The Morgan fingerprint density at radius 1 is 1.64 bits per heavy atom. The predicted molar refractivity (Wildman–Crippen MR) is 56.6 cm³/mol. The maximum Gasteiger partial charge on any atom is 0.269 e. The first-order valence-electron chi connectivity index (χ1n) is 4.45. The molecule has 3 nitrogen and oxygen atoms in total. The first kappa shape index (κ1) is 11.0. The minimum absolute atomic E-state index is 0.0660. The first-order chi connectivity index (χ1) is 6.59. The van der Waals surface area contributed by atoms with Gasteiger partial charge in [0.05, 0.1) is 0 Å². The van der Waals surface area contributed by atoms with E-state index in [1.54, 1.807) is 12.1 Å². The zero-order valence-corrected chi connectivity index (χ0v) is 9.01. The number of carbonyl (C=O) groups is 1. The Balaban J connectivity index is 2.61. The molecular weight excluding hydrogens is 200 g/mol. The maximum atomic E-state index is 11.5. The van der Waals surface area contributed by atoms with E-state index in [0.29, 0.717) is 12.2 Å². The average molecular weight is 213 g/mol. The summed E-state index contributed by atoms with van der Waals surface area (Å²) >= 11 is 5.71. The van der Waals surface area contributed by atoms with Crippen molar-refractivity contribution in [2.75, 3.05) is 6.54 Å². The topological polar surface area (TPSA) is 42.0 Å². The summed E-state index contributed by atoms with van der Waals surface area (Å²) in [5.41, 5.74) is 1.26. The smallest absolute Gasteiger partial charge is 0.269 e. The van der Waals surface area contributed by atoms with Crippen molar-refractivity contribution < 1.29 is 4.79 Å². The highest BCUT2D eigenvalue weighted by Crippen LogP contribution is 1.98. The lowest BCUT2D eigenvalue weighted by Gasteiger charge is -2.05. The molecule has 1 amide bonds. The van der Waals surface area contributed by atoms with E-state index in [9.17, 15) is 4.79 Å². The van der Waals surface area contributed by atoms with Crippen molar-refractivity contribution in [2.45, 2.75) is 19.2 Å². The second kappa shape index (κ2) is 4.96. The summed E-state index contributed by atoms with van der Waals surface area (Å²) in [6, 6.07) is 5.34. The standard InChI is InChI=1S/C10H13ClN2O/c1-7(11)6-12-10(14)9-5-3-4-8(2)13-9/h3-5,7H,6H2,1-2H3,(H,12,14). The summed E-state index contributed by atoms with van der Waals surface area (Å²) in [5.74, 6) is -0.179. The summed E-state index contributed by atoms with van der Waals surface area (Å²) in [6.45, 7) is 4.13. The van der Waals surface area contributed by atoms with Crippen LogP contribution in [0.3, 0.4) is 0 Å². The van der Waals surface area contributed by atoms with Crippen LogP contribution in [0.2, 0.25) is 0 Å². The van der Waals surface area contributed by atoms with Gasteiger partial charge in [-0.15, -0.1) is 11.6 Å². The van der Waals surface area contributed by atoms with Gasteiger partial charge in [0.15, 0.2) is 0 Å². The number of hydrogen-bond donors (Lipinski definition) is 1. The van der Waals surface area contributed by atoms with Gasteiger partial charge in [-0.1, -0.05) is 6.07 Å². The van der Waals surface area contributed by atoms with Crippen molar-refractivity contribution in [3.05, 3.63) is 29.6 Å². The zero-order chi connectivity index (χ0) is 10.6. The summed E-state index contributed by atoms with van der Waals surface area (Å²) in [4.78, 5) is 15.6. The number of pyridine rings is 1. The fourth-order valence-electron chi connectivity index (χ4n) is 0.993. The van der Waals surface area contributed by atoms with Gasteiger partial charge in [-0.2, -0.15) is 0 Å². The van der Waals surface area contributed by atoms with E-state index in [2.05, 4.69) is 10.3 Å². The number of aryl methyl sites for hydroxylation is 1. The van der Waals surface area contributed by atoms with Gasteiger partial charge >= 0.3 is 0 Å². The summed E-state index contributed by atoms with van der Waals surface area (Å²) < 4.78 is 0. The molecule has 0 saturated heterocycles. The van der Waals surface area contributed by atoms with E-state index >= 15 is 0 Å². The first-order valence-corrected chi connectivity index (χ1v) is 4.89. The molecule has 0 radical (unpaired) electrons. The van der Waals surface area contributed by atoms with Crippen molar-refractivity contribution in [1.29, 1.82) is 0 Å². The van der Waals surface area contributed by atoms with Crippen LogP contribution >= 0.6 is 11.6 Å². The van der Waals surface area contributed by atoms with Crippen LogP contribution in [0.1, 0.15) is 23.1 Å². The zero-order valence-electron chi connectivity index (χ0n) is 8.25. The molecule has 0 spiro atoms. The number of amides is 1. The normalized spacial score (nSPS) is 12.2. The number of hydrogen-bond acceptors (Lipinski definition) is 2. The predicted octanol–water partition coefficient (Wildman–Crippen LogP) is 1.75. The molecule has 76 valence electrons. The Hall–Kier alpha value is -1.09. The van der Waals surface area contributed by atoms with Gasteiger partial charge < -0.3 is 5.32 Å². The van der Waals surface area contributed by atoms with Gasteiger partial charge in [-0.3, -0.25) is 4.79 Å². The van der Waals surface area contributed by atoms with Crippen LogP contribution in [0, 0.1) is 6.92 Å². The second-order valence-corrected chi connectivity index (χ2v) is 3.90. The largest absolute Gasteiger partial charge is 0.349 e. The van der Waals surface area contributed by atoms with Gasteiger partial charge in [-0.05, 0) is 26.0 Å². The molecule has 1 unspecified atom stereocenters. The number of aromatic nitrogens is 1. The third kappa shape index (κ3) is 3.34. The van der Waals surface area contributed by atoms with Crippen molar-refractivity contribution >= 4 is 17.5 Å². The van der Waals surface area contributed by atoms with Crippen LogP contribution in [0.4, 0.5) is 0 Å². The fraction of sp³-hybridized carbons (Fsp3) is 0.400. The molecule has 4 heteroatoms. The third-order valence-electron chi connectivity index (χ3n) is 1.66. The van der Waals surface area contributed by atoms with Crippen LogP contribution in [0.5, 0.6) is 0 Å². The maximum absolute atomic E-state index is 11.5. The van der Waals surface area contributed by atoms with E-state index in [4.69, 9.17) is 11.6 Å². The molecule has 0 aliphatic heterocycles. The molecule has 1 aromatic heterocycles. The highest BCUT2D eigenvalue weighted by Gasteiger charge is 2.07. The molecule has 0 aromatic carbocycles. The average Bonchev–Trinajstić information content (AvgIpc) is 2.14. The molecule has 0 bridgehead atoms. The summed E-state index contributed by atoms with van der Waals surface area (Å²) in [6.07, 6.45) is 0. The van der Waals surface area contributed by atoms with Gasteiger partial charge in [0, 0.05) is 17.6 Å². The fourth-order valence-corrected chi connectivity index (χ4v) is 1.07. The Labute approximate surface area is 88.5 Å². The highest BCUT2D eigenvalue weighted by atomic mass is 35.5. The monoisotopic (exact) mass is 212 g/mol. The van der Waals surface area contributed by atoms with Crippen LogP contribution in [0.25, 0.3) is 0 Å². The van der Waals surface area contributed by atoms with Crippen LogP contribution < -0.4 is 5.32 Å². The Bertz CT molecular complexity index is 326. The van der Waals surface area contributed by atoms with Crippen LogP contribution in [-0.4, -0.2) is 22.8 Å². The molecule has 1 atom stereocenters. The van der Waals surface area contributed by atoms with Gasteiger partial charge in [-0.25, -0.2) is 4.98 Å². The number of alkyl halides is 1. The second-order valence-electron chi connectivity index (χ2n) is 3.16. The van der Waals surface area contributed by atoms with E-state index in [1.807, 2.05) is 19.9 Å². The minimum Gasteiger partial charge on any atom is -0.349 e. The number of nitrogens with one attached hydrogen (secondary N) is 1. The van der Waals surface area contributed by atoms with Crippen molar-refractivity contribution in [2.24, 2.45) is 0 Å². The molecule has 0 fully saturated rings. The molecule has 1 rings (SSSR count). The Kier molecular flexibility index (Phi) is 3.89. The molecule has 1 aromatic rings. The molecule has 1 N–H and O–H groups in total. The quantitative estimate of drug-likeness (QED) is 0.776. The van der Waals surface area contributed by atoms with E-state index in [-0.39, 0.29) is 11.3 Å². The van der Waals surface area contributed by atoms with Crippen molar-refractivity contribution in [3.63, 3.8) is 0 Å².